The van der Waals surface area contributed by atoms with Crippen LogP contribution in [0.5, 0.6) is 5.88 Å². The van der Waals surface area contributed by atoms with Gasteiger partial charge >= 0.3 is 24.4 Å². The number of rotatable bonds is 27. The monoisotopic (exact) mass is 1840 g/mol. The maximum Gasteiger partial charge on any atom is 0.413 e. The van der Waals surface area contributed by atoms with Crippen molar-refractivity contribution in [3.63, 3.8) is 0 Å². The van der Waals surface area contributed by atoms with Gasteiger partial charge in [-0.1, -0.05) is 142 Å². The third-order valence-corrected chi connectivity index (χ3v) is 18.9. The Morgan fingerprint density at radius 1 is 0.392 bits per heavy atom. The van der Waals surface area contributed by atoms with Crippen molar-refractivity contribution in [2.45, 2.75) is 51.1 Å². The molecule has 0 aliphatic carbocycles. The molecule has 125 heavy (non-hydrogen) atoms. The number of nitrogens with one attached hydrogen (secondary N) is 8. The van der Waals surface area contributed by atoms with Crippen LogP contribution in [0.4, 0.5) is 91.5 Å². The van der Waals surface area contributed by atoms with Gasteiger partial charge in [-0.05, 0) is 85.1 Å². The van der Waals surface area contributed by atoms with Crippen molar-refractivity contribution in [3.05, 3.63) is 209 Å². The molecule has 4 aromatic carbocycles. The number of nitrogens with zero attached hydrogens (tertiary/aromatic N) is 16. The van der Waals surface area contributed by atoms with E-state index < -0.39 is 119 Å². The number of amides is 4. The Morgan fingerprint density at radius 3 is 1.06 bits per heavy atom. The van der Waals surface area contributed by atoms with Gasteiger partial charge in [0.05, 0.1) is 66.8 Å². The lowest BCUT2D eigenvalue weighted by Crippen LogP contribution is -2.23. The molecular weight excluding hydrogens is 1760 g/mol. The highest BCUT2D eigenvalue weighted by Crippen LogP contribution is 2.35. The second kappa shape index (κ2) is 41.6. The summed E-state index contributed by atoms with van der Waals surface area (Å²) in [6.07, 6.45) is -9.38. The molecular formula is C73H75ClF6N24O17S4. The third kappa shape index (κ3) is 27.4. The van der Waals surface area contributed by atoms with E-state index in [1.807, 2.05) is 39.8 Å². The number of hydrogen-bond donors (Lipinski definition) is 8. The minimum Gasteiger partial charge on any atom is -0.479 e. The molecule has 0 aliphatic heterocycles. The van der Waals surface area contributed by atoms with E-state index in [0.717, 1.165) is 41.3 Å². The van der Waals surface area contributed by atoms with Gasteiger partial charge in [0.1, 0.15) is 29.3 Å². The van der Waals surface area contributed by atoms with Crippen LogP contribution >= 0.6 is 11.6 Å². The molecule has 4 atom stereocenters. The Bertz CT molecular complexity index is 6300. The van der Waals surface area contributed by atoms with E-state index in [1.165, 1.54) is 121 Å². The molecule has 662 valence electrons. The first kappa shape index (κ1) is 94.6. The number of aryl methyl sites for hydroxylation is 4. The van der Waals surface area contributed by atoms with E-state index in [1.54, 1.807) is 75.5 Å². The molecule has 4 amide bonds. The number of methoxy groups -OCH3 is 1. The number of aromatic nitrogens is 16. The van der Waals surface area contributed by atoms with Gasteiger partial charge in [-0.25, -0.2) is 104 Å². The molecule has 8 heterocycles. The fourth-order valence-electron chi connectivity index (χ4n) is 10.7. The second-order valence-electron chi connectivity index (χ2n) is 26.1. The summed E-state index contributed by atoms with van der Waals surface area (Å²) in [7, 11) is -7.13. The van der Waals surface area contributed by atoms with Gasteiger partial charge in [0, 0.05) is 38.8 Å². The zero-order valence-electron chi connectivity index (χ0n) is 67.0. The quantitative estimate of drug-likeness (QED) is 0.0135. The first-order valence-electron chi connectivity index (χ1n) is 35.6. The molecule has 52 heteroatoms. The van der Waals surface area contributed by atoms with Crippen molar-refractivity contribution in [1.82, 2.24) is 79.9 Å². The number of ether oxygens (including phenoxy) is 5. The molecule has 0 fully saturated rings. The van der Waals surface area contributed by atoms with Gasteiger partial charge in [-0.2, -0.15) is 8.78 Å². The van der Waals surface area contributed by atoms with Crippen molar-refractivity contribution in [3.8, 4) is 51.4 Å². The van der Waals surface area contributed by atoms with Crippen LogP contribution < -0.4 is 44.9 Å². The third-order valence-electron chi connectivity index (χ3n) is 16.2. The standard InChI is InChI=1S/C19H20F2N6O5S.C18H18ClFN6O4S.C18H17F3N6O4S.C18H20N6O4S/c1-27-17(23-19(28)32-15(16(20)21)11-7-5-4-6-8-11)14(24-26-27)12-9-10-13(18(22-12)31-2)25-33(3,29)30;1-10(11-6-4-5-7-12(11)19)30-18(27)22-17-15(23-25-26(17)2)13-8-9-14(16(20)21-13)24-31(3,28)29;1-27-17(23-18(28)31-14(15(19)20)10-6-4-3-5-7-10)13(24-26-27)11-8-9-12(16(21)22-11)25-32(2,29)30;1-12(13-7-5-4-6-8-13)28-18(25)20-17-16(21-23-24(17)2)15-10-9-14(11-19-15)22-29(3,26)27/h4-10,15-16,25H,1-3H3,(H,23,28);4-10,24H,1-3H3,(H,22,27);3-9,14-15,25H,1-2H3,(H,23,28);4-12,22H,1-3H3,(H,20,25)/t15-;10-;14-;12-/m0101/s1. The average molecular weight is 1840 g/mol. The maximum absolute atomic E-state index is 14.2. The van der Waals surface area contributed by atoms with Crippen LogP contribution in [0.3, 0.4) is 0 Å². The normalized spacial score (nSPS) is 12.3. The fraction of sp³-hybridized carbons (Fsp3) is 0.233. The lowest BCUT2D eigenvalue weighted by atomic mass is 10.1. The molecule has 12 rings (SSSR count). The smallest absolute Gasteiger partial charge is 0.413 e. The minimum atomic E-state index is -3.74. The van der Waals surface area contributed by atoms with Crippen LogP contribution in [-0.4, -0.2) is 183 Å². The summed E-state index contributed by atoms with van der Waals surface area (Å²) >= 11 is 6.12. The number of hydrogen-bond acceptors (Lipinski definition) is 29. The number of alkyl halides is 4. The van der Waals surface area contributed by atoms with E-state index in [0.29, 0.717) is 33.5 Å². The summed E-state index contributed by atoms with van der Waals surface area (Å²) < 4.78 is 212. The van der Waals surface area contributed by atoms with Crippen molar-refractivity contribution in [1.29, 1.82) is 0 Å². The van der Waals surface area contributed by atoms with E-state index in [-0.39, 0.29) is 80.0 Å². The van der Waals surface area contributed by atoms with Crippen molar-refractivity contribution >= 4 is 122 Å². The molecule has 0 spiro atoms. The maximum atomic E-state index is 14.2. The van der Waals surface area contributed by atoms with Crippen LogP contribution in [0.2, 0.25) is 5.02 Å². The first-order chi connectivity index (χ1) is 58.9. The van der Waals surface area contributed by atoms with Crippen LogP contribution in [0, 0.1) is 11.9 Å². The number of pyridine rings is 4. The minimum absolute atomic E-state index is 0.0134. The lowest BCUT2D eigenvalue weighted by molar-refractivity contribution is -0.0143. The summed E-state index contributed by atoms with van der Waals surface area (Å²) in [6.45, 7) is 3.43. The van der Waals surface area contributed by atoms with E-state index >= 15 is 0 Å². The number of benzene rings is 4. The number of anilines is 8. The van der Waals surface area contributed by atoms with Gasteiger partial charge in [-0.3, -0.25) is 45.1 Å². The molecule has 0 saturated carbocycles. The Labute approximate surface area is 713 Å². The summed E-state index contributed by atoms with van der Waals surface area (Å²) in [5, 5.41) is 41.1. The second-order valence-corrected chi connectivity index (χ2v) is 33.5. The van der Waals surface area contributed by atoms with E-state index in [4.69, 9.17) is 35.3 Å². The summed E-state index contributed by atoms with van der Waals surface area (Å²) in [5.74, 6) is -1.95. The number of carbonyl (C=O) groups is 4. The predicted octanol–water partition coefficient (Wildman–Crippen LogP) is 11.7. The largest absolute Gasteiger partial charge is 0.479 e. The van der Waals surface area contributed by atoms with Crippen LogP contribution in [0.15, 0.2) is 170 Å². The van der Waals surface area contributed by atoms with Crippen LogP contribution in [-0.2, 0) is 87.2 Å². The topological polar surface area (TPSA) is 522 Å². The van der Waals surface area contributed by atoms with Gasteiger partial charge in [0.25, 0.3) is 12.9 Å². The zero-order valence-corrected chi connectivity index (χ0v) is 71.0. The fourth-order valence-corrected chi connectivity index (χ4v) is 13.2. The first-order valence-corrected chi connectivity index (χ1v) is 43.6. The molecule has 0 saturated heterocycles. The SMILES string of the molecule is COc1nc(-c2nnn(C)c2NC(=O)O[C@@H](c2ccccc2)C(F)F)ccc1NS(C)(=O)=O.C[C@@H](OC(=O)Nc1c(-c2ccc(NS(C)(=O)=O)c(F)n2)nnn1C)c1ccccc1Cl.C[C@@H](OC(=O)Nc1c(-c2ccc(NS(C)(=O)=O)cn2)nnn1C)c1ccccc1.Cn1nnc(-c2ccc(NS(C)(=O)=O)c(F)n2)c1NC(=O)O[C@@H](c1ccccc1)C(F)F. The molecule has 0 aliphatic rings. The van der Waals surface area contributed by atoms with Gasteiger partial charge in [-0.15, -0.1) is 20.4 Å². The Kier molecular flexibility index (Phi) is 31.5. The molecule has 0 radical (unpaired) electrons. The Hall–Kier alpha value is -14.2. The highest BCUT2D eigenvalue weighted by atomic mass is 35.5. The Balaban J connectivity index is 0.000000189. The Morgan fingerprint density at radius 2 is 0.712 bits per heavy atom. The van der Waals surface area contributed by atoms with Crippen molar-refractivity contribution in [2.75, 3.05) is 72.3 Å². The zero-order chi connectivity index (χ0) is 91.4. The van der Waals surface area contributed by atoms with Gasteiger partial charge < -0.3 is 23.7 Å². The number of halogens is 7. The molecule has 41 nitrogen and oxygen atoms in total. The van der Waals surface area contributed by atoms with Gasteiger partial charge in [0.15, 0.2) is 58.3 Å². The molecule has 8 aromatic heterocycles. The van der Waals surface area contributed by atoms with E-state index in [9.17, 15) is 79.2 Å². The van der Waals surface area contributed by atoms with Crippen LogP contribution in [0.25, 0.3) is 45.6 Å². The van der Waals surface area contributed by atoms with E-state index in [2.05, 4.69) is 91.9 Å². The summed E-state index contributed by atoms with van der Waals surface area (Å²) in [4.78, 5) is 65.2. The van der Waals surface area contributed by atoms with Crippen molar-refractivity contribution < 1.29 is 103 Å². The number of carbonyl (C=O) groups excluding carboxylic acids is 4. The molecule has 0 unspecified atom stereocenters. The summed E-state index contributed by atoms with van der Waals surface area (Å²) in [6, 6.07) is 42.1. The summed E-state index contributed by atoms with van der Waals surface area (Å²) in [5.41, 5.74) is 2.27. The van der Waals surface area contributed by atoms with Gasteiger partial charge in [0.2, 0.25) is 57.9 Å². The molecule has 8 N–H and O–H groups in total. The predicted molar refractivity (Wildman–Crippen MR) is 443 cm³/mol. The average Bonchev–Trinajstić information content (AvgIpc) is 1.71. The molecule has 12 aromatic rings. The van der Waals surface area contributed by atoms with Crippen molar-refractivity contribution in [2.24, 2.45) is 28.2 Å². The molecule has 0 bridgehead atoms. The highest BCUT2D eigenvalue weighted by Gasteiger charge is 2.32. The van der Waals surface area contributed by atoms with Crippen LogP contribution in [0.1, 0.15) is 60.5 Å². The lowest BCUT2D eigenvalue weighted by Gasteiger charge is -2.18. The highest BCUT2D eigenvalue weighted by molar-refractivity contribution is 7.92. The number of sulfonamides is 4.